The first-order valence-electron chi connectivity index (χ1n) is 6.35. The lowest BCUT2D eigenvalue weighted by Crippen LogP contribution is -2.33. The number of nitrogens with one attached hydrogen (secondary N) is 1. The highest BCUT2D eigenvalue weighted by atomic mass is 16.3. The van der Waals surface area contributed by atoms with Gasteiger partial charge in [0, 0.05) is 12.2 Å². The average Bonchev–Trinajstić information content (AvgIpc) is 2.94. The summed E-state index contributed by atoms with van der Waals surface area (Å²) in [7, 11) is 0. The van der Waals surface area contributed by atoms with Gasteiger partial charge in [-0.25, -0.2) is 0 Å². The predicted molar refractivity (Wildman–Crippen MR) is 71.4 cm³/mol. The monoisotopic (exact) mass is 247 g/mol. The molecule has 4 nitrogen and oxygen atoms in total. The fourth-order valence-corrected chi connectivity index (χ4v) is 1.90. The molecule has 0 unspecified atom stereocenters. The molecule has 2 rings (SSSR count). The number of hydrogen-bond donors (Lipinski definition) is 1. The first-order valence-corrected chi connectivity index (χ1v) is 6.35. The smallest absolute Gasteiger partial charge is 0.117 e. The van der Waals surface area contributed by atoms with E-state index in [1.54, 1.807) is 0 Å². The van der Waals surface area contributed by atoms with E-state index in [1.807, 2.05) is 29.9 Å². The van der Waals surface area contributed by atoms with Crippen LogP contribution in [0.4, 0.5) is 0 Å². The maximum Gasteiger partial charge on any atom is 0.117 e. The van der Waals surface area contributed by atoms with Crippen molar-refractivity contribution in [2.75, 3.05) is 0 Å². The molecule has 0 aromatic carbocycles. The molecule has 0 fully saturated rings. The molecule has 0 radical (unpaired) electrons. The van der Waals surface area contributed by atoms with Gasteiger partial charge < -0.3 is 9.73 Å². The van der Waals surface area contributed by atoms with Crippen LogP contribution in [0.5, 0.6) is 0 Å². The van der Waals surface area contributed by atoms with Crippen molar-refractivity contribution in [3.05, 3.63) is 41.6 Å². The van der Waals surface area contributed by atoms with Gasteiger partial charge in [0.15, 0.2) is 0 Å². The van der Waals surface area contributed by atoms with Crippen LogP contribution in [0.2, 0.25) is 0 Å². The van der Waals surface area contributed by atoms with Gasteiger partial charge in [-0.2, -0.15) is 5.10 Å². The lowest BCUT2D eigenvalue weighted by Gasteiger charge is -2.21. The van der Waals surface area contributed by atoms with E-state index in [1.165, 1.54) is 5.56 Å². The van der Waals surface area contributed by atoms with Crippen LogP contribution in [0.15, 0.2) is 28.9 Å². The molecule has 2 atom stereocenters. The van der Waals surface area contributed by atoms with Gasteiger partial charge in [-0.1, -0.05) is 0 Å². The Bertz CT molecular complexity index is 501. The fourth-order valence-electron chi connectivity index (χ4n) is 1.90. The lowest BCUT2D eigenvalue weighted by molar-refractivity contribution is 0.349. The Balaban J connectivity index is 1.89. The number of furan rings is 1. The molecule has 0 aliphatic heterocycles. The third-order valence-electron chi connectivity index (χ3n) is 3.27. The fraction of sp³-hybridized carbons (Fsp3) is 0.500. The molecule has 0 saturated heterocycles. The van der Waals surface area contributed by atoms with Crippen LogP contribution in [-0.2, 0) is 6.54 Å². The predicted octanol–water partition coefficient (Wildman–Crippen LogP) is 2.83. The summed E-state index contributed by atoms with van der Waals surface area (Å²) in [5, 5.41) is 7.81. The Morgan fingerprint density at radius 2 is 2.11 bits per heavy atom. The molecule has 98 valence electrons. The topological polar surface area (TPSA) is 43.0 Å². The van der Waals surface area contributed by atoms with E-state index < -0.39 is 0 Å². The summed E-state index contributed by atoms with van der Waals surface area (Å²) in [4.78, 5) is 0. The summed E-state index contributed by atoms with van der Waals surface area (Å²) in [6.45, 7) is 9.09. The average molecular weight is 247 g/mol. The van der Waals surface area contributed by atoms with E-state index in [0.29, 0.717) is 12.1 Å². The Hall–Kier alpha value is -1.55. The number of nitrogens with zero attached hydrogens (tertiary/aromatic N) is 2. The van der Waals surface area contributed by atoms with Crippen LogP contribution in [0, 0.1) is 13.8 Å². The highest BCUT2D eigenvalue weighted by molar-refractivity contribution is 5.05. The molecule has 18 heavy (non-hydrogen) atoms. The second-order valence-corrected chi connectivity index (χ2v) is 4.92. The van der Waals surface area contributed by atoms with Gasteiger partial charge in [0.2, 0.25) is 0 Å². The van der Waals surface area contributed by atoms with Crippen molar-refractivity contribution in [3.8, 4) is 0 Å². The zero-order chi connectivity index (χ0) is 13.1. The van der Waals surface area contributed by atoms with Crippen molar-refractivity contribution in [3.63, 3.8) is 0 Å². The van der Waals surface area contributed by atoms with Crippen LogP contribution in [0.25, 0.3) is 0 Å². The quantitative estimate of drug-likeness (QED) is 0.883. The largest absolute Gasteiger partial charge is 0.465 e. The van der Waals surface area contributed by atoms with Crippen LogP contribution in [0.3, 0.4) is 0 Å². The SMILES string of the molecule is Cc1cnn([C@@H](C)[C@H](C)NCc2ccc(C)o2)c1. The minimum atomic E-state index is 0.315. The molecule has 0 amide bonds. The summed E-state index contributed by atoms with van der Waals surface area (Å²) in [6.07, 6.45) is 3.96. The number of rotatable bonds is 5. The molecule has 1 N–H and O–H groups in total. The standard InChI is InChI=1S/C14H21N3O/c1-10-7-16-17(9-10)13(4)12(3)15-8-14-6-5-11(2)18-14/h5-7,9,12-13,15H,8H2,1-4H3/t12-,13-/m0/s1. The zero-order valence-corrected chi connectivity index (χ0v) is 11.5. The van der Waals surface area contributed by atoms with Crippen molar-refractivity contribution in [1.82, 2.24) is 15.1 Å². The number of hydrogen-bond acceptors (Lipinski definition) is 3. The van der Waals surface area contributed by atoms with E-state index in [-0.39, 0.29) is 0 Å². The van der Waals surface area contributed by atoms with Crippen LogP contribution in [-0.4, -0.2) is 15.8 Å². The van der Waals surface area contributed by atoms with Gasteiger partial charge in [0.05, 0.1) is 18.8 Å². The Morgan fingerprint density at radius 3 is 2.67 bits per heavy atom. The first kappa shape index (κ1) is 12.9. The van der Waals surface area contributed by atoms with Gasteiger partial charge in [-0.05, 0) is 45.4 Å². The molecule has 2 heterocycles. The van der Waals surface area contributed by atoms with E-state index in [0.717, 1.165) is 18.1 Å². The highest BCUT2D eigenvalue weighted by Crippen LogP contribution is 2.12. The Labute approximate surface area is 108 Å². The summed E-state index contributed by atoms with van der Waals surface area (Å²) in [6, 6.07) is 4.64. The van der Waals surface area contributed by atoms with Gasteiger partial charge >= 0.3 is 0 Å². The molecule has 0 saturated carbocycles. The maximum atomic E-state index is 5.54. The zero-order valence-electron chi connectivity index (χ0n) is 11.5. The van der Waals surface area contributed by atoms with Crippen molar-refractivity contribution in [1.29, 1.82) is 0 Å². The summed E-state index contributed by atoms with van der Waals surface area (Å²) >= 11 is 0. The third kappa shape index (κ3) is 3.01. The summed E-state index contributed by atoms with van der Waals surface area (Å²) in [5.74, 6) is 1.93. The Kier molecular flexibility index (Phi) is 3.87. The minimum Gasteiger partial charge on any atom is -0.465 e. The van der Waals surface area contributed by atoms with Crippen LogP contribution in [0.1, 0.15) is 37.0 Å². The molecule has 4 heteroatoms. The van der Waals surface area contributed by atoms with Crippen molar-refractivity contribution < 1.29 is 4.42 Å². The minimum absolute atomic E-state index is 0.315. The molecule has 0 bridgehead atoms. The van der Waals surface area contributed by atoms with Crippen LogP contribution >= 0.6 is 0 Å². The second-order valence-electron chi connectivity index (χ2n) is 4.92. The normalized spacial score (nSPS) is 14.7. The van der Waals surface area contributed by atoms with E-state index in [4.69, 9.17) is 4.42 Å². The summed E-state index contributed by atoms with van der Waals surface area (Å²) < 4.78 is 7.54. The molecule has 0 aliphatic rings. The molecule has 0 aliphatic carbocycles. The van der Waals surface area contributed by atoms with Crippen molar-refractivity contribution in [2.45, 2.75) is 46.3 Å². The second kappa shape index (κ2) is 5.40. The third-order valence-corrected chi connectivity index (χ3v) is 3.27. The molecular weight excluding hydrogens is 226 g/mol. The van der Waals surface area contributed by atoms with Crippen molar-refractivity contribution in [2.24, 2.45) is 0 Å². The Morgan fingerprint density at radius 1 is 1.33 bits per heavy atom. The van der Waals surface area contributed by atoms with Crippen LogP contribution < -0.4 is 5.32 Å². The number of aromatic nitrogens is 2. The van der Waals surface area contributed by atoms with Crippen molar-refractivity contribution >= 4 is 0 Å². The maximum absolute atomic E-state index is 5.54. The van der Waals surface area contributed by atoms with Gasteiger partial charge in [0.25, 0.3) is 0 Å². The molecule has 2 aromatic rings. The van der Waals surface area contributed by atoms with E-state index >= 15 is 0 Å². The molecular formula is C14H21N3O. The van der Waals surface area contributed by atoms with Gasteiger partial charge in [0.1, 0.15) is 11.5 Å². The molecule has 2 aromatic heterocycles. The first-order chi connectivity index (χ1) is 8.56. The summed E-state index contributed by atoms with van der Waals surface area (Å²) in [5.41, 5.74) is 1.19. The highest BCUT2D eigenvalue weighted by Gasteiger charge is 2.14. The van der Waals surface area contributed by atoms with E-state index in [2.05, 4.69) is 37.4 Å². The number of aryl methyl sites for hydroxylation is 2. The van der Waals surface area contributed by atoms with E-state index in [9.17, 15) is 0 Å². The lowest BCUT2D eigenvalue weighted by atomic mass is 10.1. The molecule has 0 spiro atoms. The van der Waals surface area contributed by atoms with Gasteiger partial charge in [-0.15, -0.1) is 0 Å². The van der Waals surface area contributed by atoms with Gasteiger partial charge in [-0.3, -0.25) is 4.68 Å².